The summed E-state index contributed by atoms with van der Waals surface area (Å²) in [6, 6.07) is 6.21. The van der Waals surface area contributed by atoms with E-state index in [1.807, 2.05) is 6.92 Å². The summed E-state index contributed by atoms with van der Waals surface area (Å²) in [6.45, 7) is 3.18. The molecule has 1 fully saturated rings. The lowest BCUT2D eigenvalue weighted by Gasteiger charge is -2.20. The van der Waals surface area contributed by atoms with Gasteiger partial charge in [-0.15, -0.1) is 0 Å². The van der Waals surface area contributed by atoms with E-state index in [1.54, 1.807) is 0 Å². The van der Waals surface area contributed by atoms with Gasteiger partial charge >= 0.3 is 6.03 Å². The Hall–Kier alpha value is -1.59. The van der Waals surface area contributed by atoms with Crippen LogP contribution in [0.5, 0.6) is 0 Å². The third-order valence-corrected chi connectivity index (χ3v) is 5.08. The Morgan fingerprint density at radius 2 is 2.04 bits per heavy atom. The first-order valence-corrected chi connectivity index (χ1v) is 9.53. The molecule has 2 aliphatic rings. The van der Waals surface area contributed by atoms with Crippen LogP contribution in [0.15, 0.2) is 18.2 Å². The first-order valence-electron chi connectivity index (χ1n) is 9.53. The lowest BCUT2D eigenvalue weighted by atomic mass is 9.89. The Bertz CT molecular complexity index is 586. The maximum absolute atomic E-state index is 12.0. The average molecular weight is 346 g/mol. The third kappa shape index (κ3) is 5.72. The second-order valence-electron chi connectivity index (χ2n) is 7.45. The molecule has 0 radical (unpaired) electrons. The number of fused-ring (bicyclic) bond motifs is 1. The number of ether oxygens (including phenoxy) is 1. The molecule has 5 heteroatoms. The van der Waals surface area contributed by atoms with Crippen LogP contribution in [0.1, 0.15) is 55.3 Å². The van der Waals surface area contributed by atoms with Crippen LogP contribution in [-0.4, -0.2) is 37.0 Å². The molecule has 138 valence electrons. The zero-order valence-corrected chi connectivity index (χ0v) is 15.1. The number of aryl methyl sites for hydroxylation is 2. The number of rotatable bonds is 8. The van der Waals surface area contributed by atoms with Gasteiger partial charge in [0, 0.05) is 13.2 Å². The summed E-state index contributed by atoms with van der Waals surface area (Å²) in [7, 11) is 0. The Morgan fingerprint density at radius 1 is 1.28 bits per heavy atom. The predicted molar refractivity (Wildman–Crippen MR) is 97.6 cm³/mol. The molecule has 2 amide bonds. The van der Waals surface area contributed by atoms with Crippen LogP contribution >= 0.6 is 0 Å². The van der Waals surface area contributed by atoms with Gasteiger partial charge in [0.2, 0.25) is 0 Å². The number of aliphatic hydroxyl groups is 1. The van der Waals surface area contributed by atoms with E-state index in [9.17, 15) is 9.90 Å². The van der Waals surface area contributed by atoms with Crippen molar-refractivity contribution in [1.29, 1.82) is 0 Å². The molecular formula is C20H30N2O3. The number of amides is 2. The Balaban J connectivity index is 1.39. The standard InChI is InChI=1S/C20H30N2O3/c1-14(17-9-8-16-4-2-3-5-18(16)10-17)22-20(24)21-11-19(23)13-25-12-15-6-7-15/h8-10,14-15,19,23H,2-7,11-13H2,1H3,(H2,21,22,24). The molecule has 5 nitrogen and oxygen atoms in total. The number of carbonyl (C=O) groups is 1. The van der Waals surface area contributed by atoms with Crippen molar-refractivity contribution in [3.63, 3.8) is 0 Å². The molecule has 2 atom stereocenters. The van der Waals surface area contributed by atoms with Crippen LogP contribution in [0, 0.1) is 5.92 Å². The average Bonchev–Trinajstić information content (AvgIpc) is 3.44. The molecule has 2 unspecified atom stereocenters. The van der Waals surface area contributed by atoms with Crippen LogP contribution in [0.25, 0.3) is 0 Å². The Labute approximate surface area is 150 Å². The summed E-state index contributed by atoms with van der Waals surface area (Å²) in [5.74, 6) is 0.681. The van der Waals surface area contributed by atoms with E-state index < -0.39 is 6.10 Å². The highest BCUT2D eigenvalue weighted by Crippen LogP contribution is 2.28. The fraction of sp³-hybridized carbons (Fsp3) is 0.650. The van der Waals surface area contributed by atoms with E-state index in [4.69, 9.17) is 4.74 Å². The summed E-state index contributed by atoms with van der Waals surface area (Å²) in [5.41, 5.74) is 3.99. The summed E-state index contributed by atoms with van der Waals surface area (Å²) in [4.78, 5) is 12.0. The third-order valence-electron chi connectivity index (χ3n) is 5.08. The SMILES string of the molecule is CC(NC(=O)NCC(O)COCC1CC1)c1ccc2c(c1)CCCC2. The topological polar surface area (TPSA) is 70.6 Å². The molecule has 0 spiro atoms. The fourth-order valence-corrected chi connectivity index (χ4v) is 3.28. The van der Waals surface area contributed by atoms with Gasteiger partial charge in [0.05, 0.1) is 18.8 Å². The van der Waals surface area contributed by atoms with E-state index >= 15 is 0 Å². The van der Waals surface area contributed by atoms with Gasteiger partial charge in [0.25, 0.3) is 0 Å². The van der Waals surface area contributed by atoms with E-state index in [0.717, 1.165) is 18.6 Å². The van der Waals surface area contributed by atoms with E-state index in [2.05, 4.69) is 28.8 Å². The van der Waals surface area contributed by atoms with Crippen molar-refractivity contribution < 1.29 is 14.6 Å². The van der Waals surface area contributed by atoms with Crippen LogP contribution < -0.4 is 10.6 Å². The van der Waals surface area contributed by atoms with Gasteiger partial charge in [-0.05, 0) is 68.1 Å². The number of urea groups is 1. The largest absolute Gasteiger partial charge is 0.389 e. The number of aliphatic hydroxyl groups excluding tert-OH is 1. The van der Waals surface area contributed by atoms with Crippen molar-refractivity contribution >= 4 is 6.03 Å². The smallest absolute Gasteiger partial charge is 0.315 e. The molecule has 0 heterocycles. The van der Waals surface area contributed by atoms with Gasteiger partial charge in [-0.3, -0.25) is 0 Å². The maximum Gasteiger partial charge on any atom is 0.315 e. The second-order valence-corrected chi connectivity index (χ2v) is 7.45. The van der Waals surface area contributed by atoms with Crippen molar-refractivity contribution in [1.82, 2.24) is 10.6 Å². The summed E-state index contributed by atoms with van der Waals surface area (Å²) >= 11 is 0. The summed E-state index contributed by atoms with van der Waals surface area (Å²) < 4.78 is 5.43. The van der Waals surface area contributed by atoms with Crippen LogP contribution in [0.4, 0.5) is 4.79 Å². The van der Waals surface area contributed by atoms with Gasteiger partial charge in [0.15, 0.2) is 0 Å². The highest BCUT2D eigenvalue weighted by Gasteiger charge is 2.21. The van der Waals surface area contributed by atoms with E-state index in [1.165, 1.54) is 43.2 Å². The minimum atomic E-state index is -0.663. The molecule has 0 bridgehead atoms. The van der Waals surface area contributed by atoms with Crippen molar-refractivity contribution in [3.8, 4) is 0 Å². The fourth-order valence-electron chi connectivity index (χ4n) is 3.28. The van der Waals surface area contributed by atoms with Crippen molar-refractivity contribution in [3.05, 3.63) is 34.9 Å². The quantitative estimate of drug-likeness (QED) is 0.678. The van der Waals surface area contributed by atoms with E-state index in [-0.39, 0.29) is 25.2 Å². The molecule has 2 aliphatic carbocycles. The van der Waals surface area contributed by atoms with Crippen LogP contribution in [0.2, 0.25) is 0 Å². The predicted octanol–water partition coefficient (Wildman–Crippen LogP) is 2.71. The molecule has 0 saturated heterocycles. The van der Waals surface area contributed by atoms with Crippen molar-refractivity contribution in [2.24, 2.45) is 5.92 Å². The maximum atomic E-state index is 12.0. The number of nitrogens with one attached hydrogen (secondary N) is 2. The number of benzene rings is 1. The monoisotopic (exact) mass is 346 g/mol. The number of hydrogen-bond acceptors (Lipinski definition) is 3. The van der Waals surface area contributed by atoms with Gasteiger partial charge in [-0.1, -0.05) is 18.2 Å². The lowest BCUT2D eigenvalue weighted by Crippen LogP contribution is -2.41. The molecule has 0 aromatic heterocycles. The Morgan fingerprint density at radius 3 is 2.80 bits per heavy atom. The molecule has 1 saturated carbocycles. The highest BCUT2D eigenvalue weighted by molar-refractivity contribution is 5.74. The molecule has 1 aromatic carbocycles. The van der Waals surface area contributed by atoms with Gasteiger partial charge in [0.1, 0.15) is 0 Å². The zero-order chi connectivity index (χ0) is 17.6. The van der Waals surface area contributed by atoms with Gasteiger partial charge in [-0.2, -0.15) is 0 Å². The molecular weight excluding hydrogens is 316 g/mol. The summed E-state index contributed by atoms with van der Waals surface area (Å²) in [5, 5.41) is 15.5. The van der Waals surface area contributed by atoms with Crippen molar-refractivity contribution in [2.45, 2.75) is 57.6 Å². The number of carbonyl (C=O) groups excluding carboxylic acids is 1. The lowest BCUT2D eigenvalue weighted by molar-refractivity contribution is 0.0337. The minimum absolute atomic E-state index is 0.0597. The van der Waals surface area contributed by atoms with Crippen LogP contribution in [0.3, 0.4) is 0 Å². The molecule has 0 aliphatic heterocycles. The number of hydrogen-bond donors (Lipinski definition) is 3. The Kier molecular flexibility index (Phi) is 6.32. The van der Waals surface area contributed by atoms with Gasteiger partial charge in [-0.25, -0.2) is 4.79 Å². The zero-order valence-electron chi connectivity index (χ0n) is 15.1. The molecule has 3 N–H and O–H groups in total. The first-order chi connectivity index (χ1) is 12.1. The van der Waals surface area contributed by atoms with Gasteiger partial charge < -0.3 is 20.5 Å². The van der Waals surface area contributed by atoms with E-state index in [0.29, 0.717) is 5.92 Å². The molecule has 3 rings (SSSR count). The normalized spacial score (nSPS) is 19.0. The van der Waals surface area contributed by atoms with Crippen molar-refractivity contribution in [2.75, 3.05) is 19.8 Å². The first kappa shape index (κ1) is 18.2. The second kappa shape index (κ2) is 8.68. The minimum Gasteiger partial charge on any atom is -0.389 e. The van der Waals surface area contributed by atoms with Crippen LogP contribution in [-0.2, 0) is 17.6 Å². The highest BCUT2D eigenvalue weighted by atomic mass is 16.5. The molecule has 25 heavy (non-hydrogen) atoms. The molecule has 1 aromatic rings. The summed E-state index contributed by atoms with van der Waals surface area (Å²) in [6.07, 6.45) is 6.63.